The number of benzene rings is 1. The molecule has 2 aliphatic carbocycles. The van der Waals surface area contributed by atoms with Gasteiger partial charge in [-0.15, -0.1) is 0 Å². The lowest BCUT2D eigenvalue weighted by molar-refractivity contribution is 0.120. The normalized spacial score (nSPS) is 28.6. The third-order valence-electron chi connectivity index (χ3n) is 5.73. The highest BCUT2D eigenvalue weighted by atomic mass is 16.3. The summed E-state index contributed by atoms with van der Waals surface area (Å²) in [6, 6.07) is 11.6. The van der Waals surface area contributed by atoms with Gasteiger partial charge in [0.1, 0.15) is 0 Å². The maximum absolute atomic E-state index is 9.79. The van der Waals surface area contributed by atoms with Gasteiger partial charge in [-0.3, -0.25) is 0 Å². The Kier molecular flexibility index (Phi) is 4.97. The number of nitrogens with one attached hydrogen (secondary N) is 1. The molecule has 0 saturated heterocycles. The van der Waals surface area contributed by atoms with Crippen LogP contribution < -0.4 is 5.32 Å². The van der Waals surface area contributed by atoms with Crippen molar-refractivity contribution in [3.05, 3.63) is 35.9 Å². The van der Waals surface area contributed by atoms with Gasteiger partial charge in [0.15, 0.2) is 0 Å². The Morgan fingerprint density at radius 2 is 1.71 bits per heavy atom. The fourth-order valence-electron chi connectivity index (χ4n) is 4.34. The van der Waals surface area contributed by atoms with Crippen LogP contribution in [0.15, 0.2) is 30.3 Å². The van der Waals surface area contributed by atoms with Gasteiger partial charge in [-0.25, -0.2) is 0 Å². The SMILES string of the molecule is OCC1(CNC2CCCCC2c2ccccc2)CCCC1. The summed E-state index contributed by atoms with van der Waals surface area (Å²) in [7, 11) is 0. The molecule has 2 nitrogen and oxygen atoms in total. The molecule has 2 N–H and O–H groups in total. The molecule has 1 aromatic rings. The summed E-state index contributed by atoms with van der Waals surface area (Å²) in [4.78, 5) is 0. The molecule has 2 fully saturated rings. The van der Waals surface area contributed by atoms with Crippen LogP contribution in [0.25, 0.3) is 0 Å². The lowest BCUT2D eigenvalue weighted by Crippen LogP contribution is -2.44. The Balaban J connectivity index is 1.65. The molecule has 1 aromatic carbocycles. The van der Waals surface area contributed by atoms with Crippen molar-refractivity contribution in [2.75, 3.05) is 13.2 Å². The molecule has 116 valence electrons. The Labute approximate surface area is 129 Å². The number of aliphatic hydroxyl groups is 1. The van der Waals surface area contributed by atoms with E-state index in [2.05, 4.69) is 35.6 Å². The molecule has 3 rings (SSSR count). The van der Waals surface area contributed by atoms with E-state index in [0.29, 0.717) is 18.6 Å². The summed E-state index contributed by atoms with van der Waals surface area (Å²) in [6.07, 6.45) is 10.2. The number of aliphatic hydroxyl groups excluding tert-OH is 1. The van der Waals surface area contributed by atoms with Gasteiger partial charge in [-0.2, -0.15) is 0 Å². The highest BCUT2D eigenvalue weighted by Gasteiger charge is 2.35. The minimum Gasteiger partial charge on any atom is -0.396 e. The van der Waals surface area contributed by atoms with Crippen LogP contribution in [0, 0.1) is 5.41 Å². The van der Waals surface area contributed by atoms with E-state index in [-0.39, 0.29) is 5.41 Å². The van der Waals surface area contributed by atoms with Crippen LogP contribution in [-0.2, 0) is 0 Å². The van der Waals surface area contributed by atoms with Crippen molar-refractivity contribution in [1.82, 2.24) is 5.32 Å². The zero-order valence-electron chi connectivity index (χ0n) is 13.1. The predicted octanol–water partition coefficient (Wildman–Crippen LogP) is 3.86. The summed E-state index contributed by atoms with van der Waals surface area (Å²) in [5.74, 6) is 0.650. The van der Waals surface area contributed by atoms with Crippen LogP contribution in [-0.4, -0.2) is 24.3 Å². The molecule has 2 heteroatoms. The molecule has 0 heterocycles. The van der Waals surface area contributed by atoms with Gasteiger partial charge < -0.3 is 10.4 Å². The first-order valence-corrected chi connectivity index (χ1v) is 8.72. The van der Waals surface area contributed by atoms with Crippen molar-refractivity contribution in [1.29, 1.82) is 0 Å². The van der Waals surface area contributed by atoms with E-state index >= 15 is 0 Å². The van der Waals surface area contributed by atoms with E-state index in [1.807, 2.05) is 0 Å². The van der Waals surface area contributed by atoms with Gasteiger partial charge >= 0.3 is 0 Å². The van der Waals surface area contributed by atoms with Crippen molar-refractivity contribution in [3.63, 3.8) is 0 Å². The number of rotatable bonds is 5. The van der Waals surface area contributed by atoms with Crippen LogP contribution in [0.1, 0.15) is 62.8 Å². The third-order valence-corrected chi connectivity index (χ3v) is 5.73. The van der Waals surface area contributed by atoms with Gasteiger partial charge in [0, 0.05) is 24.6 Å². The second-order valence-corrected chi connectivity index (χ2v) is 7.15. The van der Waals surface area contributed by atoms with E-state index in [1.54, 1.807) is 0 Å². The first kappa shape index (κ1) is 15.1. The van der Waals surface area contributed by atoms with Crippen LogP contribution in [0.3, 0.4) is 0 Å². The molecule has 0 bridgehead atoms. The van der Waals surface area contributed by atoms with Crippen molar-refractivity contribution < 1.29 is 5.11 Å². The minimum absolute atomic E-state index is 0.165. The Bertz CT molecular complexity index is 424. The van der Waals surface area contributed by atoms with Crippen LogP contribution >= 0.6 is 0 Å². The van der Waals surface area contributed by atoms with Crippen LogP contribution in [0.4, 0.5) is 0 Å². The Morgan fingerprint density at radius 1 is 1.00 bits per heavy atom. The lowest BCUT2D eigenvalue weighted by Gasteiger charge is -2.36. The second-order valence-electron chi connectivity index (χ2n) is 7.15. The lowest BCUT2D eigenvalue weighted by atomic mass is 9.79. The average Bonchev–Trinajstić information content (AvgIpc) is 3.04. The van der Waals surface area contributed by atoms with Crippen molar-refractivity contribution in [2.24, 2.45) is 5.41 Å². The molecule has 2 aliphatic rings. The molecule has 2 saturated carbocycles. The van der Waals surface area contributed by atoms with E-state index in [4.69, 9.17) is 0 Å². The fourth-order valence-corrected chi connectivity index (χ4v) is 4.34. The van der Waals surface area contributed by atoms with Crippen molar-refractivity contribution in [2.45, 2.75) is 63.3 Å². The maximum atomic E-state index is 9.79. The summed E-state index contributed by atoms with van der Waals surface area (Å²) < 4.78 is 0. The fraction of sp³-hybridized carbons (Fsp3) is 0.684. The third kappa shape index (κ3) is 3.49. The first-order valence-electron chi connectivity index (χ1n) is 8.72. The van der Waals surface area contributed by atoms with Gasteiger partial charge in [-0.1, -0.05) is 56.0 Å². The summed E-state index contributed by atoms with van der Waals surface area (Å²) in [5, 5.41) is 13.6. The quantitative estimate of drug-likeness (QED) is 0.862. The molecule has 2 unspecified atom stereocenters. The minimum atomic E-state index is 0.165. The van der Waals surface area contributed by atoms with Gasteiger partial charge in [0.05, 0.1) is 0 Å². The zero-order chi connectivity index (χ0) is 14.5. The predicted molar refractivity (Wildman–Crippen MR) is 87.4 cm³/mol. The molecule has 0 aliphatic heterocycles. The molecule has 0 radical (unpaired) electrons. The largest absolute Gasteiger partial charge is 0.396 e. The van der Waals surface area contributed by atoms with E-state index in [1.165, 1.54) is 56.9 Å². The Morgan fingerprint density at radius 3 is 2.43 bits per heavy atom. The smallest absolute Gasteiger partial charge is 0.0499 e. The number of hydrogen-bond acceptors (Lipinski definition) is 2. The molecular weight excluding hydrogens is 258 g/mol. The van der Waals surface area contributed by atoms with Gasteiger partial charge in [-0.05, 0) is 37.2 Å². The van der Waals surface area contributed by atoms with Gasteiger partial charge in [0.25, 0.3) is 0 Å². The molecule has 2 atom stereocenters. The van der Waals surface area contributed by atoms with E-state index in [0.717, 1.165) is 6.54 Å². The topological polar surface area (TPSA) is 32.3 Å². The zero-order valence-corrected chi connectivity index (χ0v) is 13.1. The monoisotopic (exact) mass is 287 g/mol. The summed E-state index contributed by atoms with van der Waals surface area (Å²) >= 11 is 0. The molecule has 21 heavy (non-hydrogen) atoms. The Hall–Kier alpha value is -0.860. The van der Waals surface area contributed by atoms with Crippen LogP contribution in [0.2, 0.25) is 0 Å². The molecule has 0 amide bonds. The summed E-state index contributed by atoms with van der Waals surface area (Å²) in [6.45, 7) is 1.35. The van der Waals surface area contributed by atoms with E-state index in [9.17, 15) is 5.11 Å². The highest BCUT2D eigenvalue weighted by molar-refractivity contribution is 5.22. The van der Waals surface area contributed by atoms with Crippen molar-refractivity contribution >= 4 is 0 Å². The highest BCUT2D eigenvalue weighted by Crippen LogP contribution is 2.38. The maximum Gasteiger partial charge on any atom is 0.0499 e. The second kappa shape index (κ2) is 6.93. The molecular formula is C19H29NO. The summed E-state index contributed by atoms with van der Waals surface area (Å²) in [5.41, 5.74) is 1.65. The average molecular weight is 287 g/mol. The van der Waals surface area contributed by atoms with Gasteiger partial charge in [0.2, 0.25) is 0 Å². The van der Waals surface area contributed by atoms with Crippen LogP contribution in [0.5, 0.6) is 0 Å². The molecule has 0 spiro atoms. The number of hydrogen-bond donors (Lipinski definition) is 2. The first-order chi connectivity index (χ1) is 10.3. The standard InChI is InChI=1S/C19H29NO/c21-15-19(12-6-7-13-19)14-20-18-11-5-4-10-17(18)16-8-2-1-3-9-16/h1-3,8-9,17-18,20-21H,4-7,10-15H2. The van der Waals surface area contributed by atoms with E-state index < -0.39 is 0 Å². The molecule has 0 aromatic heterocycles. The van der Waals surface area contributed by atoms with Crippen molar-refractivity contribution in [3.8, 4) is 0 Å².